The highest BCUT2D eigenvalue weighted by molar-refractivity contribution is 6.24. The molecule has 3 aliphatic rings. The van der Waals surface area contributed by atoms with Crippen LogP contribution in [0.15, 0.2) is 48.5 Å². The molecule has 2 aromatic carbocycles. The van der Waals surface area contributed by atoms with Gasteiger partial charge in [-0.2, -0.15) is 5.26 Å². The van der Waals surface area contributed by atoms with Gasteiger partial charge in [-0.05, 0) is 48.4 Å². The number of ether oxygens (including phenoxy) is 1. The molecule has 5 rings (SSSR count). The van der Waals surface area contributed by atoms with Gasteiger partial charge in [0, 0.05) is 13.1 Å². The number of rotatable bonds is 3. The van der Waals surface area contributed by atoms with Crippen LogP contribution in [0, 0.1) is 17.2 Å². The maximum Gasteiger partial charge on any atom is 0.253 e. The van der Waals surface area contributed by atoms with Crippen molar-refractivity contribution in [3.8, 4) is 11.8 Å². The van der Waals surface area contributed by atoms with E-state index in [1.807, 2.05) is 24.3 Å². The highest BCUT2D eigenvalue weighted by atomic mass is 16.5. The van der Waals surface area contributed by atoms with E-state index in [-0.39, 0.29) is 17.9 Å². The molecule has 3 saturated heterocycles. The molecule has 0 radical (unpaired) electrons. The van der Waals surface area contributed by atoms with Crippen LogP contribution >= 0.6 is 0 Å². The zero-order valence-electron chi connectivity index (χ0n) is 16.0. The topological polar surface area (TPSA) is 76.9 Å². The quantitative estimate of drug-likeness (QED) is 0.750. The summed E-state index contributed by atoms with van der Waals surface area (Å²) in [6.45, 7) is 1.61. The molecule has 7 heteroatoms. The third-order valence-electron chi connectivity index (χ3n) is 6.12. The number of nitriles is 1. The molecule has 0 saturated carbocycles. The van der Waals surface area contributed by atoms with E-state index in [9.17, 15) is 9.59 Å². The van der Waals surface area contributed by atoms with Crippen molar-refractivity contribution in [3.63, 3.8) is 0 Å². The second-order valence-electron chi connectivity index (χ2n) is 7.54. The first-order chi connectivity index (χ1) is 14.1. The summed E-state index contributed by atoms with van der Waals surface area (Å²) in [6, 6.07) is 15.7. The Balaban J connectivity index is 1.54. The number of hydrogen-bond donors (Lipinski definition) is 0. The van der Waals surface area contributed by atoms with Crippen LogP contribution in [0.5, 0.6) is 5.75 Å². The number of hydrazine groups is 1. The second-order valence-corrected chi connectivity index (χ2v) is 7.54. The molecule has 3 heterocycles. The van der Waals surface area contributed by atoms with Gasteiger partial charge in [-0.1, -0.05) is 12.1 Å². The Morgan fingerprint density at radius 2 is 1.59 bits per heavy atom. The van der Waals surface area contributed by atoms with E-state index >= 15 is 0 Å². The first-order valence-electron chi connectivity index (χ1n) is 9.69. The average molecular weight is 388 g/mol. The number of carbonyl (C=O) groups excluding carboxylic acids is 2. The molecular formula is C22H20N4O3. The highest BCUT2D eigenvalue weighted by Crippen LogP contribution is 2.49. The van der Waals surface area contributed by atoms with E-state index in [0.29, 0.717) is 11.3 Å². The van der Waals surface area contributed by atoms with Crippen LogP contribution in [0.25, 0.3) is 0 Å². The summed E-state index contributed by atoms with van der Waals surface area (Å²) in [6.07, 6.45) is 0.966. The lowest BCUT2D eigenvalue weighted by Gasteiger charge is -2.29. The van der Waals surface area contributed by atoms with Gasteiger partial charge in [-0.3, -0.25) is 9.59 Å². The van der Waals surface area contributed by atoms with Crippen molar-refractivity contribution in [2.24, 2.45) is 5.92 Å². The number of imide groups is 1. The van der Waals surface area contributed by atoms with E-state index < -0.39 is 12.0 Å². The Morgan fingerprint density at radius 3 is 2.21 bits per heavy atom. The highest BCUT2D eigenvalue weighted by Gasteiger charge is 2.62. The molecule has 7 nitrogen and oxygen atoms in total. The first kappa shape index (κ1) is 17.9. The molecule has 3 aliphatic heterocycles. The van der Waals surface area contributed by atoms with Gasteiger partial charge in [0.15, 0.2) is 0 Å². The zero-order valence-corrected chi connectivity index (χ0v) is 16.0. The predicted molar refractivity (Wildman–Crippen MR) is 105 cm³/mol. The van der Waals surface area contributed by atoms with Crippen LogP contribution in [-0.4, -0.2) is 48.1 Å². The smallest absolute Gasteiger partial charge is 0.253 e. The van der Waals surface area contributed by atoms with Crippen molar-refractivity contribution < 1.29 is 14.3 Å². The first-order valence-corrected chi connectivity index (χ1v) is 9.69. The van der Waals surface area contributed by atoms with Gasteiger partial charge in [0.05, 0.1) is 36.4 Å². The summed E-state index contributed by atoms with van der Waals surface area (Å²) in [7, 11) is 1.62. The zero-order chi connectivity index (χ0) is 20.1. The SMILES string of the molecule is COc1ccc([C@H]2[C@H]3C(=O)N(c4ccc(C#N)cc4)C(=O)[C@H]3N3CCCN23)cc1. The van der Waals surface area contributed by atoms with E-state index in [1.54, 1.807) is 31.4 Å². The van der Waals surface area contributed by atoms with Crippen molar-refractivity contribution in [3.05, 3.63) is 59.7 Å². The van der Waals surface area contributed by atoms with Gasteiger partial charge < -0.3 is 4.74 Å². The van der Waals surface area contributed by atoms with Crippen molar-refractivity contribution in [1.29, 1.82) is 5.26 Å². The summed E-state index contributed by atoms with van der Waals surface area (Å²) >= 11 is 0. The van der Waals surface area contributed by atoms with Crippen LogP contribution in [0.3, 0.4) is 0 Å². The normalized spacial score (nSPS) is 26.5. The minimum Gasteiger partial charge on any atom is -0.497 e. The molecule has 0 spiro atoms. The van der Waals surface area contributed by atoms with E-state index in [1.165, 1.54) is 4.90 Å². The van der Waals surface area contributed by atoms with Crippen molar-refractivity contribution in [1.82, 2.24) is 10.0 Å². The lowest BCUT2D eigenvalue weighted by atomic mass is 9.90. The van der Waals surface area contributed by atoms with Gasteiger partial charge in [0.25, 0.3) is 5.91 Å². The fraction of sp³-hybridized carbons (Fsp3) is 0.318. The van der Waals surface area contributed by atoms with Crippen LogP contribution in [0.2, 0.25) is 0 Å². The Labute approximate surface area is 168 Å². The fourth-order valence-electron chi connectivity index (χ4n) is 4.85. The molecule has 0 aromatic heterocycles. The van der Waals surface area contributed by atoms with Gasteiger partial charge in [0.1, 0.15) is 11.8 Å². The minimum absolute atomic E-state index is 0.173. The second kappa shape index (κ2) is 6.69. The molecule has 0 aliphatic carbocycles. The molecule has 146 valence electrons. The van der Waals surface area contributed by atoms with E-state index in [2.05, 4.69) is 16.1 Å². The monoisotopic (exact) mass is 388 g/mol. The van der Waals surface area contributed by atoms with Gasteiger partial charge in [-0.15, -0.1) is 0 Å². The largest absolute Gasteiger partial charge is 0.497 e. The fourth-order valence-corrected chi connectivity index (χ4v) is 4.85. The molecule has 0 N–H and O–H groups in total. The number of hydrogen-bond acceptors (Lipinski definition) is 6. The van der Waals surface area contributed by atoms with Crippen LogP contribution in [0.4, 0.5) is 5.69 Å². The summed E-state index contributed by atoms with van der Waals surface area (Å²) in [5.41, 5.74) is 2.02. The Morgan fingerprint density at radius 1 is 0.931 bits per heavy atom. The van der Waals surface area contributed by atoms with Crippen LogP contribution in [-0.2, 0) is 9.59 Å². The molecule has 2 amide bonds. The standard InChI is InChI=1S/C22H20N4O3/c1-29-17-9-5-15(6-10-17)19-18-20(25-12-2-11-24(19)25)22(28)26(21(18)27)16-7-3-14(13-23)4-8-16/h3-10,18-20H,2,11-12H2,1H3/t18-,19+,20+/m1/s1. The molecule has 2 aromatic rings. The van der Waals surface area contributed by atoms with Crippen LogP contribution < -0.4 is 9.64 Å². The minimum atomic E-state index is -0.479. The van der Waals surface area contributed by atoms with Gasteiger partial charge in [-0.25, -0.2) is 14.9 Å². The van der Waals surface area contributed by atoms with Crippen molar-refractivity contribution >= 4 is 17.5 Å². The maximum absolute atomic E-state index is 13.5. The molecule has 0 unspecified atom stereocenters. The Hall–Kier alpha value is -3.21. The summed E-state index contributed by atoms with van der Waals surface area (Å²) in [5.74, 6) is -0.0611. The molecule has 3 fully saturated rings. The number of benzene rings is 2. The number of amides is 2. The maximum atomic E-state index is 13.5. The number of carbonyl (C=O) groups is 2. The number of nitrogens with zero attached hydrogens (tertiary/aromatic N) is 4. The molecule has 3 atom stereocenters. The third kappa shape index (κ3) is 2.57. The van der Waals surface area contributed by atoms with Gasteiger partial charge >= 0.3 is 0 Å². The summed E-state index contributed by atoms with van der Waals surface area (Å²) in [4.78, 5) is 28.1. The lowest BCUT2D eigenvalue weighted by molar-refractivity contribution is -0.126. The van der Waals surface area contributed by atoms with Crippen LogP contribution in [0.1, 0.15) is 23.6 Å². The summed E-state index contributed by atoms with van der Waals surface area (Å²) < 4.78 is 5.26. The number of fused-ring (bicyclic) bond motifs is 3. The Kier molecular flexibility index (Phi) is 4.12. The Bertz CT molecular complexity index is 1010. The van der Waals surface area contributed by atoms with Gasteiger partial charge in [0.2, 0.25) is 5.91 Å². The molecule has 0 bridgehead atoms. The number of methoxy groups -OCH3 is 1. The number of anilines is 1. The summed E-state index contributed by atoms with van der Waals surface area (Å²) in [5, 5.41) is 13.3. The van der Waals surface area contributed by atoms with E-state index in [0.717, 1.165) is 30.8 Å². The van der Waals surface area contributed by atoms with Crippen molar-refractivity contribution in [2.75, 3.05) is 25.1 Å². The lowest BCUT2D eigenvalue weighted by Crippen LogP contribution is -2.44. The average Bonchev–Trinajstić information content (AvgIpc) is 3.40. The predicted octanol–water partition coefficient (Wildman–Crippen LogP) is 2.10. The van der Waals surface area contributed by atoms with E-state index in [4.69, 9.17) is 10.00 Å². The van der Waals surface area contributed by atoms with Crippen molar-refractivity contribution in [2.45, 2.75) is 18.5 Å². The molecular weight excluding hydrogens is 368 g/mol. The molecule has 29 heavy (non-hydrogen) atoms. The third-order valence-corrected chi connectivity index (χ3v) is 6.12.